The molecule has 0 aliphatic carbocycles. The summed E-state index contributed by atoms with van der Waals surface area (Å²) in [7, 11) is 0. The number of esters is 1. The van der Waals surface area contributed by atoms with Gasteiger partial charge in [-0.25, -0.2) is 0 Å². The van der Waals surface area contributed by atoms with Crippen LogP contribution < -0.4 is 10.1 Å². The number of carbonyl (C=O) groups excluding carboxylic acids is 2. The first-order chi connectivity index (χ1) is 16.4. The van der Waals surface area contributed by atoms with Gasteiger partial charge in [0.15, 0.2) is 0 Å². The Labute approximate surface area is 201 Å². The highest BCUT2D eigenvalue weighted by Gasteiger charge is 2.10. The Morgan fingerprint density at radius 1 is 1.12 bits per heavy atom. The van der Waals surface area contributed by atoms with Crippen LogP contribution in [-0.2, 0) is 14.3 Å². The number of aromatic nitrogens is 1. The van der Waals surface area contributed by atoms with Crippen molar-refractivity contribution in [1.29, 1.82) is 0 Å². The van der Waals surface area contributed by atoms with Crippen molar-refractivity contribution in [2.75, 3.05) is 18.5 Å². The van der Waals surface area contributed by atoms with Gasteiger partial charge in [-0.2, -0.15) is 0 Å². The van der Waals surface area contributed by atoms with Gasteiger partial charge in [0.2, 0.25) is 5.91 Å². The van der Waals surface area contributed by atoms with E-state index in [1.807, 2.05) is 19.1 Å². The number of fused-ring (bicyclic) bond motifs is 1. The van der Waals surface area contributed by atoms with Crippen LogP contribution in [0, 0.1) is 0 Å². The Balaban J connectivity index is 1.64. The van der Waals surface area contributed by atoms with Crippen LogP contribution in [0.2, 0.25) is 0 Å². The summed E-state index contributed by atoms with van der Waals surface area (Å²) < 4.78 is 13.0. The third kappa shape index (κ3) is 6.50. The fourth-order valence-electron chi connectivity index (χ4n) is 3.77. The molecule has 0 aliphatic rings. The van der Waals surface area contributed by atoms with Gasteiger partial charge in [0.05, 0.1) is 18.9 Å². The molecule has 1 unspecified atom stereocenters. The van der Waals surface area contributed by atoms with Gasteiger partial charge in [-0.15, -0.1) is 0 Å². The molecule has 6 nitrogen and oxygen atoms in total. The van der Waals surface area contributed by atoms with E-state index in [1.54, 1.807) is 25.1 Å². The van der Waals surface area contributed by atoms with Gasteiger partial charge in [0.25, 0.3) is 0 Å². The summed E-state index contributed by atoms with van der Waals surface area (Å²) in [5.74, 6) is 0.110. The molecule has 0 fully saturated rings. The molecule has 180 valence electrons. The number of para-hydroxylation sites is 2. The Morgan fingerprint density at radius 2 is 1.91 bits per heavy atom. The maximum absolute atomic E-state index is 12.7. The van der Waals surface area contributed by atoms with E-state index in [4.69, 9.17) is 9.47 Å². The SMILES string of the molecule is CCOC(=O)CCCOc1ccccc1NC(=O)/C=C(\C)c1ccc2c(ccn2C(C)CC)c1. The summed E-state index contributed by atoms with van der Waals surface area (Å²) in [6.45, 7) is 8.85. The Bertz CT molecular complexity index is 1160. The van der Waals surface area contributed by atoms with Crippen molar-refractivity contribution in [3.05, 3.63) is 66.4 Å². The van der Waals surface area contributed by atoms with E-state index in [9.17, 15) is 9.59 Å². The number of nitrogens with one attached hydrogen (secondary N) is 1. The Morgan fingerprint density at radius 3 is 2.68 bits per heavy atom. The summed E-state index contributed by atoms with van der Waals surface area (Å²) in [6, 6.07) is 16.1. The van der Waals surface area contributed by atoms with Crippen molar-refractivity contribution in [2.45, 2.75) is 53.0 Å². The summed E-state index contributed by atoms with van der Waals surface area (Å²) in [6.07, 6.45) is 5.64. The number of amides is 1. The first-order valence-corrected chi connectivity index (χ1v) is 11.9. The molecule has 1 atom stereocenters. The van der Waals surface area contributed by atoms with Crippen LogP contribution in [0.5, 0.6) is 5.75 Å². The largest absolute Gasteiger partial charge is 0.491 e. The van der Waals surface area contributed by atoms with Crippen molar-refractivity contribution >= 4 is 34.0 Å². The minimum absolute atomic E-state index is 0.225. The van der Waals surface area contributed by atoms with Gasteiger partial charge in [0.1, 0.15) is 5.75 Å². The molecular weight excluding hydrogens is 428 g/mol. The lowest BCUT2D eigenvalue weighted by Crippen LogP contribution is -2.11. The number of nitrogens with zero attached hydrogens (tertiary/aromatic N) is 1. The molecule has 34 heavy (non-hydrogen) atoms. The molecule has 1 N–H and O–H groups in total. The molecule has 0 saturated heterocycles. The third-order valence-electron chi connectivity index (χ3n) is 5.82. The van der Waals surface area contributed by atoms with Crippen LogP contribution in [0.25, 0.3) is 16.5 Å². The van der Waals surface area contributed by atoms with Crippen molar-refractivity contribution in [1.82, 2.24) is 4.57 Å². The van der Waals surface area contributed by atoms with E-state index in [0.717, 1.165) is 22.9 Å². The van der Waals surface area contributed by atoms with E-state index >= 15 is 0 Å². The number of anilines is 1. The predicted octanol–water partition coefficient (Wildman–Crippen LogP) is 6.38. The second kappa shape index (κ2) is 12.1. The van der Waals surface area contributed by atoms with Crippen molar-refractivity contribution in [3.63, 3.8) is 0 Å². The molecule has 0 bridgehead atoms. The van der Waals surface area contributed by atoms with Crippen LogP contribution >= 0.6 is 0 Å². The number of rotatable bonds is 11. The fourth-order valence-corrected chi connectivity index (χ4v) is 3.77. The number of allylic oxidation sites excluding steroid dienone is 1. The number of hydrogen-bond donors (Lipinski definition) is 1. The lowest BCUT2D eigenvalue weighted by molar-refractivity contribution is -0.143. The predicted molar refractivity (Wildman–Crippen MR) is 137 cm³/mol. The Hall–Kier alpha value is -3.54. The quantitative estimate of drug-likeness (QED) is 0.204. The van der Waals surface area contributed by atoms with E-state index in [0.29, 0.717) is 43.5 Å². The molecule has 1 aromatic heterocycles. The number of hydrogen-bond acceptors (Lipinski definition) is 4. The first-order valence-electron chi connectivity index (χ1n) is 11.9. The lowest BCUT2D eigenvalue weighted by atomic mass is 10.0. The molecule has 0 radical (unpaired) electrons. The zero-order valence-corrected chi connectivity index (χ0v) is 20.5. The van der Waals surface area contributed by atoms with Gasteiger partial charge in [-0.3, -0.25) is 9.59 Å². The molecule has 6 heteroatoms. The minimum Gasteiger partial charge on any atom is -0.491 e. The molecule has 0 aliphatic heterocycles. The average Bonchev–Trinajstić information content (AvgIpc) is 3.25. The second-order valence-corrected chi connectivity index (χ2v) is 8.32. The standard InChI is InChI=1S/C28H34N2O4/c1-5-21(4)30-16-15-23-19-22(13-14-25(23)30)20(3)18-27(31)29-24-10-7-8-11-26(24)34-17-9-12-28(32)33-6-2/h7-8,10-11,13-16,18-19,21H,5-6,9,12,17H2,1-4H3,(H,29,31)/b20-18+. The minimum atomic E-state index is -0.233. The van der Waals surface area contributed by atoms with Crippen LogP contribution in [0.3, 0.4) is 0 Å². The highest BCUT2D eigenvalue weighted by atomic mass is 16.5. The zero-order chi connectivity index (χ0) is 24.5. The van der Waals surface area contributed by atoms with Gasteiger partial charge in [0, 0.05) is 35.6 Å². The number of benzene rings is 2. The summed E-state index contributed by atoms with van der Waals surface area (Å²) in [5, 5.41) is 4.07. The lowest BCUT2D eigenvalue weighted by Gasteiger charge is -2.13. The van der Waals surface area contributed by atoms with Crippen molar-refractivity contribution in [3.8, 4) is 5.75 Å². The number of ether oxygens (including phenoxy) is 2. The normalized spacial score (nSPS) is 12.4. The van der Waals surface area contributed by atoms with Crippen LogP contribution in [0.1, 0.15) is 58.6 Å². The topological polar surface area (TPSA) is 69.6 Å². The van der Waals surface area contributed by atoms with Crippen LogP contribution in [0.15, 0.2) is 60.8 Å². The summed E-state index contributed by atoms with van der Waals surface area (Å²) in [5.41, 5.74) is 3.68. The van der Waals surface area contributed by atoms with Crippen LogP contribution in [-0.4, -0.2) is 29.7 Å². The van der Waals surface area contributed by atoms with E-state index in [1.165, 1.54) is 5.52 Å². The molecule has 0 spiro atoms. The average molecular weight is 463 g/mol. The maximum Gasteiger partial charge on any atom is 0.305 e. The fraction of sp³-hybridized carbons (Fsp3) is 0.357. The first kappa shape index (κ1) is 25.1. The molecular formula is C28H34N2O4. The van der Waals surface area contributed by atoms with Gasteiger partial charge in [-0.1, -0.05) is 25.1 Å². The van der Waals surface area contributed by atoms with Gasteiger partial charge >= 0.3 is 5.97 Å². The smallest absolute Gasteiger partial charge is 0.305 e. The van der Waals surface area contributed by atoms with Crippen molar-refractivity contribution < 1.29 is 19.1 Å². The molecule has 1 amide bonds. The zero-order valence-electron chi connectivity index (χ0n) is 20.5. The van der Waals surface area contributed by atoms with E-state index in [-0.39, 0.29) is 11.9 Å². The van der Waals surface area contributed by atoms with Crippen LogP contribution in [0.4, 0.5) is 5.69 Å². The highest BCUT2D eigenvalue weighted by molar-refractivity contribution is 6.04. The van der Waals surface area contributed by atoms with Crippen molar-refractivity contribution in [2.24, 2.45) is 0 Å². The summed E-state index contributed by atoms with van der Waals surface area (Å²) in [4.78, 5) is 24.2. The van der Waals surface area contributed by atoms with E-state index < -0.39 is 0 Å². The van der Waals surface area contributed by atoms with Gasteiger partial charge < -0.3 is 19.4 Å². The highest BCUT2D eigenvalue weighted by Crippen LogP contribution is 2.27. The summed E-state index contributed by atoms with van der Waals surface area (Å²) >= 11 is 0. The molecule has 2 aromatic carbocycles. The molecule has 1 heterocycles. The monoisotopic (exact) mass is 462 g/mol. The molecule has 3 rings (SSSR count). The van der Waals surface area contributed by atoms with E-state index in [2.05, 4.69) is 54.2 Å². The Kier molecular flexibility index (Phi) is 8.91. The molecule has 3 aromatic rings. The second-order valence-electron chi connectivity index (χ2n) is 8.32. The number of carbonyl (C=O) groups is 2. The third-order valence-corrected chi connectivity index (χ3v) is 5.82. The molecule has 0 saturated carbocycles. The van der Waals surface area contributed by atoms with Gasteiger partial charge in [-0.05, 0) is 75.1 Å². The maximum atomic E-state index is 12.7.